The Morgan fingerprint density at radius 3 is 2.35 bits per heavy atom. The third-order valence-electron chi connectivity index (χ3n) is 4.42. The van der Waals surface area contributed by atoms with Gasteiger partial charge in [-0.3, -0.25) is 14.5 Å². The molecule has 120 valence electrons. The normalized spacial score (nSPS) is 13.9. The highest BCUT2D eigenvalue weighted by atomic mass is 127. The van der Waals surface area contributed by atoms with Crippen molar-refractivity contribution in [3.8, 4) is 0 Å². The number of hydrogen-bond acceptors (Lipinski definition) is 2. The molecule has 4 heteroatoms. The Morgan fingerprint density at radius 1 is 0.913 bits per heavy atom. The molecule has 3 rings (SSSR count). The van der Waals surface area contributed by atoms with E-state index in [1.54, 1.807) is 0 Å². The summed E-state index contributed by atoms with van der Waals surface area (Å²) in [5.41, 5.74) is 1.31. The van der Waals surface area contributed by atoms with Crippen molar-refractivity contribution in [2.75, 3.05) is 6.54 Å². The van der Waals surface area contributed by atoms with Crippen molar-refractivity contribution in [2.24, 2.45) is 0 Å². The standard InChI is InChI=1S/C19H20INO2/c1-2-3-4-5-6-12-21-18(22)14-9-7-8-13-16(20)11-10-15(17(13)14)19(21)23/h7-11H,2-6,12H2,1H3. The van der Waals surface area contributed by atoms with Crippen molar-refractivity contribution >= 4 is 45.2 Å². The molecule has 23 heavy (non-hydrogen) atoms. The Balaban J connectivity index is 1.89. The Kier molecular flexibility index (Phi) is 4.99. The smallest absolute Gasteiger partial charge is 0.261 e. The highest BCUT2D eigenvalue weighted by Gasteiger charge is 2.32. The summed E-state index contributed by atoms with van der Waals surface area (Å²) in [6, 6.07) is 9.52. The molecule has 0 N–H and O–H groups in total. The molecule has 0 saturated carbocycles. The lowest BCUT2D eigenvalue weighted by molar-refractivity contribution is 0.0607. The lowest BCUT2D eigenvalue weighted by Gasteiger charge is -2.27. The van der Waals surface area contributed by atoms with Crippen molar-refractivity contribution < 1.29 is 9.59 Å². The van der Waals surface area contributed by atoms with Crippen molar-refractivity contribution in [3.05, 3.63) is 45.0 Å². The highest BCUT2D eigenvalue weighted by molar-refractivity contribution is 14.1. The van der Waals surface area contributed by atoms with Gasteiger partial charge in [-0.05, 0) is 52.6 Å². The van der Waals surface area contributed by atoms with Gasteiger partial charge in [0.15, 0.2) is 0 Å². The molecule has 0 unspecified atom stereocenters. The number of hydrogen-bond donors (Lipinski definition) is 0. The van der Waals surface area contributed by atoms with Crippen LogP contribution in [0.2, 0.25) is 0 Å². The second-order valence-corrected chi connectivity index (χ2v) is 7.16. The number of imide groups is 1. The van der Waals surface area contributed by atoms with Gasteiger partial charge in [-0.25, -0.2) is 0 Å². The first-order valence-electron chi connectivity index (χ1n) is 8.22. The number of carbonyl (C=O) groups excluding carboxylic acids is 2. The van der Waals surface area contributed by atoms with Gasteiger partial charge < -0.3 is 0 Å². The van der Waals surface area contributed by atoms with Crippen LogP contribution in [0.4, 0.5) is 0 Å². The van der Waals surface area contributed by atoms with E-state index in [-0.39, 0.29) is 11.8 Å². The zero-order valence-electron chi connectivity index (χ0n) is 13.3. The van der Waals surface area contributed by atoms with E-state index < -0.39 is 0 Å². The van der Waals surface area contributed by atoms with Gasteiger partial charge in [-0.2, -0.15) is 0 Å². The van der Waals surface area contributed by atoms with Crippen LogP contribution < -0.4 is 0 Å². The Labute approximate surface area is 150 Å². The van der Waals surface area contributed by atoms with Gasteiger partial charge in [0, 0.05) is 26.6 Å². The SMILES string of the molecule is CCCCCCCN1C(=O)c2cccc3c(I)ccc(c23)C1=O. The van der Waals surface area contributed by atoms with E-state index in [9.17, 15) is 9.59 Å². The predicted molar refractivity (Wildman–Crippen MR) is 101 cm³/mol. The number of rotatable bonds is 6. The van der Waals surface area contributed by atoms with E-state index in [1.165, 1.54) is 17.7 Å². The maximum Gasteiger partial charge on any atom is 0.261 e. The summed E-state index contributed by atoms with van der Waals surface area (Å²) in [5, 5.41) is 1.81. The van der Waals surface area contributed by atoms with Gasteiger partial charge in [-0.1, -0.05) is 44.7 Å². The zero-order chi connectivity index (χ0) is 16.4. The average molecular weight is 421 g/mol. The third-order valence-corrected chi connectivity index (χ3v) is 5.36. The maximum absolute atomic E-state index is 12.7. The Bertz CT molecular complexity index is 747. The van der Waals surface area contributed by atoms with Crippen LogP contribution in [0, 0.1) is 3.57 Å². The molecular formula is C19H20INO2. The van der Waals surface area contributed by atoms with E-state index in [4.69, 9.17) is 0 Å². The van der Waals surface area contributed by atoms with Gasteiger partial charge in [0.05, 0.1) is 0 Å². The first-order valence-corrected chi connectivity index (χ1v) is 9.30. The Morgan fingerprint density at radius 2 is 1.61 bits per heavy atom. The molecule has 1 heterocycles. The minimum Gasteiger partial charge on any atom is -0.274 e. The van der Waals surface area contributed by atoms with Crippen LogP contribution in [-0.2, 0) is 0 Å². The molecule has 0 saturated heterocycles. The minimum absolute atomic E-state index is 0.148. The van der Waals surface area contributed by atoms with Gasteiger partial charge in [0.25, 0.3) is 11.8 Å². The summed E-state index contributed by atoms with van der Waals surface area (Å²) in [5.74, 6) is -0.295. The summed E-state index contributed by atoms with van der Waals surface area (Å²) < 4.78 is 1.07. The monoisotopic (exact) mass is 421 g/mol. The molecule has 0 radical (unpaired) electrons. The first-order chi connectivity index (χ1) is 11.1. The molecule has 1 aliphatic heterocycles. The topological polar surface area (TPSA) is 37.4 Å². The van der Waals surface area contributed by atoms with Gasteiger partial charge in [-0.15, -0.1) is 0 Å². The maximum atomic E-state index is 12.7. The fourth-order valence-electron chi connectivity index (χ4n) is 3.19. The minimum atomic E-state index is -0.148. The molecule has 3 nitrogen and oxygen atoms in total. The molecule has 1 aliphatic rings. The summed E-state index contributed by atoms with van der Waals surface area (Å²) >= 11 is 2.25. The van der Waals surface area contributed by atoms with Crippen molar-refractivity contribution in [3.63, 3.8) is 0 Å². The molecule has 0 aliphatic carbocycles. The number of unbranched alkanes of at least 4 members (excludes halogenated alkanes) is 4. The van der Waals surface area contributed by atoms with Crippen LogP contribution in [0.15, 0.2) is 30.3 Å². The molecule has 0 fully saturated rings. The predicted octanol–water partition coefficient (Wildman–Crippen LogP) is 5.01. The quantitative estimate of drug-likeness (QED) is 0.374. The molecule has 0 atom stereocenters. The second kappa shape index (κ2) is 6.99. The van der Waals surface area contributed by atoms with E-state index in [2.05, 4.69) is 29.5 Å². The van der Waals surface area contributed by atoms with Crippen LogP contribution >= 0.6 is 22.6 Å². The number of halogens is 1. The van der Waals surface area contributed by atoms with Crippen LogP contribution in [-0.4, -0.2) is 23.3 Å². The fraction of sp³-hybridized carbons (Fsp3) is 0.368. The van der Waals surface area contributed by atoms with Crippen LogP contribution in [0.1, 0.15) is 59.7 Å². The fourth-order valence-corrected chi connectivity index (χ4v) is 3.82. The van der Waals surface area contributed by atoms with Crippen molar-refractivity contribution in [1.29, 1.82) is 0 Å². The molecule has 0 spiro atoms. The molecular weight excluding hydrogens is 401 g/mol. The molecule has 2 amide bonds. The number of nitrogens with zero attached hydrogens (tertiary/aromatic N) is 1. The van der Waals surface area contributed by atoms with Gasteiger partial charge >= 0.3 is 0 Å². The Hall–Kier alpha value is -1.43. The molecule has 2 aromatic rings. The summed E-state index contributed by atoms with van der Waals surface area (Å²) in [7, 11) is 0. The van der Waals surface area contributed by atoms with Crippen LogP contribution in [0.5, 0.6) is 0 Å². The highest BCUT2D eigenvalue weighted by Crippen LogP contribution is 2.32. The van der Waals surface area contributed by atoms with E-state index >= 15 is 0 Å². The van der Waals surface area contributed by atoms with Crippen molar-refractivity contribution in [1.82, 2.24) is 4.90 Å². The van der Waals surface area contributed by atoms with Crippen LogP contribution in [0.25, 0.3) is 10.8 Å². The van der Waals surface area contributed by atoms with Gasteiger partial charge in [0.2, 0.25) is 0 Å². The van der Waals surface area contributed by atoms with E-state index in [0.717, 1.165) is 33.6 Å². The zero-order valence-corrected chi connectivity index (χ0v) is 15.4. The number of amides is 2. The molecule has 2 aromatic carbocycles. The van der Waals surface area contributed by atoms with Gasteiger partial charge in [0.1, 0.15) is 0 Å². The third kappa shape index (κ3) is 3.01. The lowest BCUT2D eigenvalue weighted by atomic mass is 9.94. The van der Waals surface area contributed by atoms with Crippen LogP contribution in [0.3, 0.4) is 0 Å². The number of benzene rings is 2. The first kappa shape index (κ1) is 16.4. The second-order valence-electron chi connectivity index (χ2n) is 6.00. The van der Waals surface area contributed by atoms with E-state index in [0.29, 0.717) is 17.7 Å². The van der Waals surface area contributed by atoms with E-state index in [1.807, 2.05) is 30.3 Å². The molecule has 0 bridgehead atoms. The number of carbonyl (C=O) groups is 2. The van der Waals surface area contributed by atoms with Crippen molar-refractivity contribution in [2.45, 2.75) is 39.0 Å². The largest absolute Gasteiger partial charge is 0.274 e. The average Bonchev–Trinajstić information content (AvgIpc) is 2.56. The summed E-state index contributed by atoms with van der Waals surface area (Å²) in [6.45, 7) is 2.69. The lowest BCUT2D eigenvalue weighted by Crippen LogP contribution is -2.40. The molecule has 0 aromatic heterocycles. The summed E-state index contributed by atoms with van der Waals surface area (Å²) in [4.78, 5) is 26.9. The summed E-state index contributed by atoms with van der Waals surface area (Å²) in [6.07, 6.45) is 5.51.